The zero-order valence-electron chi connectivity index (χ0n) is 14.7. The lowest BCUT2D eigenvalue weighted by molar-refractivity contribution is -0.113. The number of benzene rings is 2. The number of amides is 1. The number of thioether (sulfide) groups is 1. The third-order valence-corrected chi connectivity index (χ3v) is 5.46. The molecule has 2 aromatic carbocycles. The van der Waals surface area contributed by atoms with E-state index in [0.717, 1.165) is 18.7 Å². The van der Waals surface area contributed by atoms with Crippen LogP contribution in [0, 0.1) is 5.82 Å². The van der Waals surface area contributed by atoms with Crippen LogP contribution in [0.5, 0.6) is 0 Å². The van der Waals surface area contributed by atoms with Crippen LogP contribution in [0.25, 0.3) is 0 Å². The first kappa shape index (κ1) is 19.6. The normalized spacial score (nSPS) is 10.8. The minimum atomic E-state index is -0.482. The predicted molar refractivity (Wildman–Crippen MR) is 108 cm³/mol. The van der Waals surface area contributed by atoms with Crippen molar-refractivity contribution in [3.63, 3.8) is 0 Å². The van der Waals surface area contributed by atoms with Crippen LogP contribution in [-0.4, -0.2) is 26.4 Å². The first-order chi connectivity index (χ1) is 13.0. The fourth-order valence-corrected chi connectivity index (χ4v) is 3.56. The van der Waals surface area contributed by atoms with Crippen molar-refractivity contribution < 1.29 is 9.18 Å². The van der Waals surface area contributed by atoms with Gasteiger partial charge in [0.05, 0.1) is 11.4 Å². The van der Waals surface area contributed by atoms with Crippen molar-refractivity contribution in [1.82, 2.24) is 14.8 Å². The number of nitrogens with one attached hydrogen (secondary N) is 1. The van der Waals surface area contributed by atoms with E-state index in [9.17, 15) is 9.18 Å². The summed E-state index contributed by atoms with van der Waals surface area (Å²) >= 11 is 4.46. The van der Waals surface area contributed by atoms with Gasteiger partial charge in [-0.05, 0) is 30.2 Å². The van der Waals surface area contributed by atoms with Gasteiger partial charge in [-0.15, -0.1) is 10.2 Å². The van der Waals surface area contributed by atoms with Gasteiger partial charge < -0.3 is 9.88 Å². The van der Waals surface area contributed by atoms with Gasteiger partial charge in [0.2, 0.25) is 5.91 Å². The van der Waals surface area contributed by atoms with Crippen molar-refractivity contribution in [3.05, 3.63) is 70.2 Å². The third-order valence-electron chi connectivity index (χ3n) is 3.94. The van der Waals surface area contributed by atoms with E-state index in [0.29, 0.717) is 9.63 Å². The lowest BCUT2D eigenvalue weighted by atomic mass is 10.1. The molecule has 0 aliphatic rings. The molecule has 0 saturated heterocycles. The maximum absolute atomic E-state index is 13.8. The molecule has 5 nitrogen and oxygen atoms in total. The van der Waals surface area contributed by atoms with Crippen LogP contribution in [0.1, 0.15) is 11.4 Å². The monoisotopic (exact) mass is 448 g/mol. The number of anilines is 1. The van der Waals surface area contributed by atoms with Crippen molar-refractivity contribution in [1.29, 1.82) is 0 Å². The number of nitrogens with zero attached hydrogens (tertiary/aromatic N) is 3. The predicted octanol–water partition coefficient (Wildman–Crippen LogP) is 4.23. The molecule has 0 bridgehead atoms. The van der Waals surface area contributed by atoms with E-state index in [1.165, 1.54) is 29.5 Å². The second-order valence-corrected chi connectivity index (χ2v) is 7.76. The van der Waals surface area contributed by atoms with Crippen LogP contribution in [0.2, 0.25) is 0 Å². The van der Waals surface area contributed by atoms with Crippen LogP contribution in [-0.2, 0) is 24.7 Å². The Kier molecular flexibility index (Phi) is 6.63. The van der Waals surface area contributed by atoms with Crippen LogP contribution in [0.15, 0.2) is 58.2 Å². The number of aryl methyl sites for hydroxylation is 2. The van der Waals surface area contributed by atoms with E-state index in [1.54, 1.807) is 6.07 Å². The van der Waals surface area contributed by atoms with E-state index < -0.39 is 5.82 Å². The second-order valence-electron chi connectivity index (χ2n) is 5.90. The van der Waals surface area contributed by atoms with Gasteiger partial charge in [-0.3, -0.25) is 4.79 Å². The fraction of sp³-hybridized carbons (Fsp3) is 0.211. The number of carbonyl (C=O) groups is 1. The Hall–Kier alpha value is -2.19. The minimum Gasteiger partial charge on any atom is -0.323 e. The summed E-state index contributed by atoms with van der Waals surface area (Å²) in [6.45, 7) is 0. The quantitative estimate of drug-likeness (QED) is 0.549. The van der Waals surface area contributed by atoms with Crippen LogP contribution >= 0.6 is 27.7 Å². The summed E-state index contributed by atoms with van der Waals surface area (Å²) in [5.41, 5.74) is 1.40. The molecule has 1 heterocycles. The van der Waals surface area contributed by atoms with E-state index in [-0.39, 0.29) is 17.3 Å². The summed E-state index contributed by atoms with van der Waals surface area (Å²) in [5, 5.41) is 11.6. The van der Waals surface area contributed by atoms with Crippen molar-refractivity contribution in [2.75, 3.05) is 11.1 Å². The second kappa shape index (κ2) is 9.14. The molecule has 0 spiro atoms. The summed E-state index contributed by atoms with van der Waals surface area (Å²) in [6.07, 6.45) is 1.64. The highest BCUT2D eigenvalue weighted by atomic mass is 79.9. The zero-order chi connectivity index (χ0) is 19.2. The average Bonchev–Trinajstić information content (AvgIpc) is 3.01. The number of hydrogen-bond acceptors (Lipinski definition) is 4. The first-order valence-electron chi connectivity index (χ1n) is 8.33. The number of carbonyl (C=O) groups excluding carboxylic acids is 1. The molecule has 1 N–H and O–H groups in total. The Morgan fingerprint density at radius 3 is 2.70 bits per heavy atom. The van der Waals surface area contributed by atoms with E-state index in [4.69, 9.17) is 0 Å². The first-order valence-corrected chi connectivity index (χ1v) is 10.1. The van der Waals surface area contributed by atoms with Gasteiger partial charge in [0.1, 0.15) is 11.6 Å². The summed E-state index contributed by atoms with van der Waals surface area (Å²) in [4.78, 5) is 12.1. The Labute approximate surface area is 169 Å². The van der Waals surface area contributed by atoms with Gasteiger partial charge in [-0.2, -0.15) is 0 Å². The topological polar surface area (TPSA) is 59.8 Å². The standard InChI is InChI=1S/C19H18BrFN4OS/c1-25-17(10-7-13-5-3-2-4-6-13)23-24-19(25)27-12-18(26)22-16-9-8-14(20)11-15(16)21/h2-6,8-9,11H,7,10,12H2,1H3,(H,22,26). The molecule has 0 saturated carbocycles. The van der Waals surface area contributed by atoms with Crippen molar-refractivity contribution >= 4 is 39.3 Å². The highest BCUT2D eigenvalue weighted by Gasteiger charge is 2.13. The van der Waals surface area contributed by atoms with E-state index in [1.807, 2.05) is 29.8 Å². The number of rotatable bonds is 7. The molecule has 1 amide bonds. The van der Waals surface area contributed by atoms with E-state index >= 15 is 0 Å². The zero-order valence-corrected chi connectivity index (χ0v) is 17.1. The molecule has 3 rings (SSSR count). The van der Waals surface area contributed by atoms with Crippen LogP contribution in [0.4, 0.5) is 10.1 Å². The molecule has 0 aliphatic heterocycles. The molecule has 140 valence electrons. The molecule has 0 fully saturated rings. The van der Waals surface area contributed by atoms with Crippen LogP contribution in [0.3, 0.4) is 0 Å². The number of aromatic nitrogens is 3. The third kappa shape index (κ3) is 5.40. The van der Waals surface area contributed by atoms with Crippen molar-refractivity contribution in [2.45, 2.75) is 18.0 Å². The lowest BCUT2D eigenvalue weighted by Crippen LogP contribution is -2.15. The summed E-state index contributed by atoms with van der Waals surface area (Å²) < 4.78 is 16.3. The summed E-state index contributed by atoms with van der Waals surface area (Å²) in [5.74, 6) is 0.209. The Bertz CT molecular complexity index is 933. The van der Waals surface area contributed by atoms with Crippen molar-refractivity contribution in [2.24, 2.45) is 7.05 Å². The van der Waals surface area contributed by atoms with Gasteiger partial charge in [-0.1, -0.05) is 58.0 Å². The van der Waals surface area contributed by atoms with Crippen LogP contribution < -0.4 is 5.32 Å². The summed E-state index contributed by atoms with van der Waals surface area (Å²) in [7, 11) is 1.88. The highest BCUT2D eigenvalue weighted by Crippen LogP contribution is 2.21. The smallest absolute Gasteiger partial charge is 0.234 e. The molecule has 0 aliphatic carbocycles. The average molecular weight is 449 g/mol. The molecule has 0 radical (unpaired) electrons. The molecule has 27 heavy (non-hydrogen) atoms. The van der Waals surface area contributed by atoms with E-state index in [2.05, 4.69) is 43.6 Å². The fourth-order valence-electron chi connectivity index (χ4n) is 2.50. The van der Waals surface area contributed by atoms with Gasteiger partial charge in [0.25, 0.3) is 0 Å². The Morgan fingerprint density at radius 1 is 1.19 bits per heavy atom. The number of hydrogen-bond donors (Lipinski definition) is 1. The molecule has 0 atom stereocenters. The Morgan fingerprint density at radius 2 is 1.96 bits per heavy atom. The molecular weight excluding hydrogens is 431 g/mol. The Balaban J connectivity index is 1.53. The van der Waals surface area contributed by atoms with Gasteiger partial charge in [0.15, 0.2) is 5.16 Å². The largest absolute Gasteiger partial charge is 0.323 e. The maximum Gasteiger partial charge on any atom is 0.234 e. The highest BCUT2D eigenvalue weighted by molar-refractivity contribution is 9.10. The van der Waals surface area contributed by atoms with Gasteiger partial charge in [0, 0.05) is 17.9 Å². The minimum absolute atomic E-state index is 0.125. The van der Waals surface area contributed by atoms with Gasteiger partial charge in [-0.25, -0.2) is 4.39 Å². The van der Waals surface area contributed by atoms with Crippen molar-refractivity contribution in [3.8, 4) is 0 Å². The summed E-state index contributed by atoms with van der Waals surface area (Å²) in [6, 6.07) is 14.7. The maximum atomic E-state index is 13.8. The van der Waals surface area contributed by atoms with Gasteiger partial charge >= 0.3 is 0 Å². The number of halogens is 2. The molecule has 0 unspecified atom stereocenters. The lowest BCUT2D eigenvalue weighted by Gasteiger charge is -2.07. The molecule has 1 aromatic heterocycles. The molecular formula is C19H18BrFN4OS. The SMILES string of the molecule is Cn1c(CCc2ccccc2)nnc1SCC(=O)Nc1ccc(Br)cc1F. The molecule has 3 aromatic rings. The molecule has 8 heteroatoms.